The number of carboxylic acids is 1. The predicted molar refractivity (Wildman–Crippen MR) is 43.4 cm³/mol. The molecular weight excluding hydrogens is 172 g/mol. The molecule has 2 aromatic rings. The van der Waals surface area contributed by atoms with E-state index in [4.69, 9.17) is 5.11 Å². The third-order valence-corrected chi connectivity index (χ3v) is 1.74. The Kier molecular flexibility index (Phi) is 1.48. The van der Waals surface area contributed by atoms with Gasteiger partial charge in [0.05, 0.1) is 5.69 Å². The molecule has 0 aromatic carbocycles. The smallest absolute Gasteiger partial charge is 0.356 e. The lowest BCUT2D eigenvalue weighted by Crippen LogP contribution is -1.98. The fourth-order valence-corrected chi connectivity index (χ4v) is 1.10. The molecular formula is C7H6N4O2. The van der Waals surface area contributed by atoms with Crippen molar-refractivity contribution in [2.45, 2.75) is 6.92 Å². The maximum Gasteiger partial charge on any atom is 0.356 e. The largest absolute Gasteiger partial charge is 0.476 e. The molecule has 0 atom stereocenters. The minimum atomic E-state index is -1.07. The number of nitrogens with zero attached hydrogens (tertiary/aromatic N) is 3. The summed E-state index contributed by atoms with van der Waals surface area (Å²) in [6, 6.07) is 0. The topological polar surface area (TPSA) is 91.8 Å². The molecule has 0 fully saturated rings. The summed E-state index contributed by atoms with van der Waals surface area (Å²) in [4.78, 5) is 18.4. The van der Waals surface area contributed by atoms with Crippen molar-refractivity contribution >= 4 is 17.0 Å². The summed E-state index contributed by atoms with van der Waals surface area (Å²) >= 11 is 0. The van der Waals surface area contributed by atoms with Crippen LogP contribution in [0.15, 0.2) is 6.33 Å². The molecule has 66 valence electrons. The summed E-state index contributed by atoms with van der Waals surface area (Å²) in [5.74, 6) is -1.07. The van der Waals surface area contributed by atoms with Gasteiger partial charge in [-0.1, -0.05) is 0 Å². The lowest BCUT2D eigenvalue weighted by Gasteiger charge is -1.91. The van der Waals surface area contributed by atoms with Gasteiger partial charge in [-0.15, -0.1) is 0 Å². The molecule has 0 amide bonds. The number of hydrogen-bond acceptors (Lipinski definition) is 4. The Morgan fingerprint density at radius 2 is 2.23 bits per heavy atom. The molecule has 0 unspecified atom stereocenters. The molecule has 0 saturated carbocycles. The molecule has 0 spiro atoms. The normalized spacial score (nSPS) is 10.5. The van der Waals surface area contributed by atoms with E-state index in [0.29, 0.717) is 16.7 Å². The van der Waals surface area contributed by atoms with Crippen LogP contribution in [0.25, 0.3) is 11.0 Å². The third kappa shape index (κ3) is 1.03. The van der Waals surface area contributed by atoms with E-state index < -0.39 is 5.97 Å². The van der Waals surface area contributed by atoms with E-state index in [1.54, 1.807) is 6.92 Å². The summed E-state index contributed by atoms with van der Waals surface area (Å²) < 4.78 is 0. The maximum absolute atomic E-state index is 10.7. The zero-order valence-electron chi connectivity index (χ0n) is 6.77. The number of hydrogen-bond donors (Lipinski definition) is 2. The van der Waals surface area contributed by atoms with Crippen molar-refractivity contribution in [2.75, 3.05) is 0 Å². The summed E-state index contributed by atoms with van der Waals surface area (Å²) in [6.45, 7) is 1.75. The van der Waals surface area contributed by atoms with Crippen LogP contribution in [0.4, 0.5) is 0 Å². The Bertz CT molecular complexity index is 476. The monoisotopic (exact) mass is 178 g/mol. The van der Waals surface area contributed by atoms with Crippen molar-refractivity contribution < 1.29 is 9.90 Å². The molecule has 2 rings (SSSR count). The molecule has 2 aromatic heterocycles. The number of H-pyrrole nitrogens is 1. The molecule has 0 aliphatic carbocycles. The fraction of sp³-hybridized carbons (Fsp3) is 0.143. The third-order valence-electron chi connectivity index (χ3n) is 1.74. The minimum absolute atomic E-state index is 0.000463. The van der Waals surface area contributed by atoms with Gasteiger partial charge in [0.1, 0.15) is 17.4 Å². The van der Waals surface area contributed by atoms with Crippen LogP contribution in [0, 0.1) is 6.92 Å². The Morgan fingerprint density at radius 1 is 1.46 bits per heavy atom. The van der Waals surface area contributed by atoms with E-state index in [1.807, 2.05) is 0 Å². The zero-order valence-corrected chi connectivity index (χ0v) is 6.77. The van der Waals surface area contributed by atoms with Crippen LogP contribution in [0.1, 0.15) is 16.2 Å². The summed E-state index contributed by atoms with van der Waals surface area (Å²) in [5, 5.41) is 14.9. The zero-order chi connectivity index (χ0) is 9.42. The van der Waals surface area contributed by atoms with E-state index in [-0.39, 0.29) is 5.69 Å². The number of aryl methyl sites for hydroxylation is 1. The first-order chi connectivity index (χ1) is 6.20. The average molecular weight is 178 g/mol. The number of fused-ring (bicyclic) bond motifs is 1. The minimum Gasteiger partial charge on any atom is -0.476 e. The SMILES string of the molecule is Cc1ncnc2c(C(=O)O)[nH]nc12. The Hall–Kier alpha value is -1.98. The van der Waals surface area contributed by atoms with Crippen molar-refractivity contribution in [3.8, 4) is 0 Å². The van der Waals surface area contributed by atoms with Crippen LogP contribution < -0.4 is 0 Å². The van der Waals surface area contributed by atoms with Gasteiger partial charge in [0.25, 0.3) is 0 Å². The van der Waals surface area contributed by atoms with Crippen LogP contribution >= 0.6 is 0 Å². The Labute approximate surface area is 72.6 Å². The van der Waals surface area contributed by atoms with Gasteiger partial charge in [-0.3, -0.25) is 5.10 Å². The highest BCUT2D eigenvalue weighted by Gasteiger charge is 2.14. The van der Waals surface area contributed by atoms with Crippen LogP contribution in [-0.4, -0.2) is 31.2 Å². The van der Waals surface area contributed by atoms with Crippen molar-refractivity contribution in [3.63, 3.8) is 0 Å². The van der Waals surface area contributed by atoms with Gasteiger partial charge >= 0.3 is 5.97 Å². The highest BCUT2D eigenvalue weighted by Crippen LogP contribution is 2.13. The number of carbonyl (C=O) groups is 1. The quantitative estimate of drug-likeness (QED) is 0.657. The van der Waals surface area contributed by atoms with E-state index in [0.717, 1.165) is 0 Å². The maximum atomic E-state index is 10.7. The number of nitrogens with one attached hydrogen (secondary N) is 1. The molecule has 0 aliphatic heterocycles. The molecule has 6 heteroatoms. The summed E-state index contributed by atoms with van der Waals surface area (Å²) in [6.07, 6.45) is 1.32. The first-order valence-corrected chi connectivity index (χ1v) is 3.59. The average Bonchev–Trinajstić information content (AvgIpc) is 2.48. The van der Waals surface area contributed by atoms with E-state index in [9.17, 15) is 4.79 Å². The van der Waals surface area contributed by atoms with Crippen LogP contribution in [0.5, 0.6) is 0 Å². The molecule has 2 heterocycles. The molecule has 6 nitrogen and oxygen atoms in total. The highest BCUT2D eigenvalue weighted by molar-refractivity contribution is 5.99. The molecule has 0 bridgehead atoms. The number of carboxylic acid groups (broad SMARTS) is 1. The van der Waals surface area contributed by atoms with Gasteiger partial charge in [-0.2, -0.15) is 5.10 Å². The molecule has 0 aliphatic rings. The van der Waals surface area contributed by atoms with Gasteiger partial charge in [0, 0.05) is 0 Å². The number of rotatable bonds is 1. The van der Waals surface area contributed by atoms with Crippen LogP contribution in [0.2, 0.25) is 0 Å². The Balaban J connectivity index is 2.83. The summed E-state index contributed by atoms with van der Waals surface area (Å²) in [7, 11) is 0. The van der Waals surface area contributed by atoms with Gasteiger partial charge < -0.3 is 5.11 Å². The highest BCUT2D eigenvalue weighted by atomic mass is 16.4. The molecule has 0 saturated heterocycles. The lowest BCUT2D eigenvalue weighted by atomic mass is 10.3. The first-order valence-electron chi connectivity index (χ1n) is 3.59. The molecule has 13 heavy (non-hydrogen) atoms. The van der Waals surface area contributed by atoms with Gasteiger partial charge in [0.2, 0.25) is 0 Å². The number of aromatic amines is 1. The second kappa shape index (κ2) is 2.51. The second-order valence-electron chi connectivity index (χ2n) is 2.56. The van der Waals surface area contributed by atoms with Crippen LogP contribution in [0.3, 0.4) is 0 Å². The van der Waals surface area contributed by atoms with Crippen molar-refractivity contribution in [1.82, 2.24) is 20.2 Å². The van der Waals surface area contributed by atoms with Crippen molar-refractivity contribution in [1.29, 1.82) is 0 Å². The number of aromatic nitrogens is 4. The molecule has 2 N–H and O–H groups in total. The molecule has 0 radical (unpaired) electrons. The van der Waals surface area contributed by atoms with Gasteiger partial charge in [-0.05, 0) is 6.92 Å². The van der Waals surface area contributed by atoms with Gasteiger partial charge in [0.15, 0.2) is 5.69 Å². The van der Waals surface area contributed by atoms with E-state index in [1.165, 1.54) is 6.33 Å². The van der Waals surface area contributed by atoms with Crippen molar-refractivity contribution in [2.24, 2.45) is 0 Å². The van der Waals surface area contributed by atoms with Crippen molar-refractivity contribution in [3.05, 3.63) is 17.7 Å². The number of aromatic carboxylic acids is 1. The summed E-state index contributed by atoms with van der Waals surface area (Å²) in [5.41, 5.74) is 1.51. The standard InChI is InChI=1S/C7H6N4O2/c1-3-4-5(9-2-8-3)6(7(12)13)11-10-4/h2H,1H3,(H,10,11)(H,12,13). The van der Waals surface area contributed by atoms with E-state index in [2.05, 4.69) is 20.2 Å². The van der Waals surface area contributed by atoms with Gasteiger partial charge in [-0.25, -0.2) is 14.8 Å². The van der Waals surface area contributed by atoms with Crippen LogP contribution in [-0.2, 0) is 0 Å². The fourth-order valence-electron chi connectivity index (χ4n) is 1.10. The lowest BCUT2D eigenvalue weighted by molar-refractivity contribution is 0.0692. The second-order valence-corrected chi connectivity index (χ2v) is 2.56. The van der Waals surface area contributed by atoms with E-state index >= 15 is 0 Å². The Morgan fingerprint density at radius 3 is 2.92 bits per heavy atom. The predicted octanol–water partition coefficient (Wildman–Crippen LogP) is 0.360. The first kappa shape index (κ1) is 7.66.